The van der Waals surface area contributed by atoms with Crippen molar-refractivity contribution in [3.63, 3.8) is 0 Å². The molecule has 2 heterocycles. The van der Waals surface area contributed by atoms with Crippen LogP contribution in [0.5, 0.6) is 0 Å². The first-order valence-electron chi connectivity index (χ1n) is 8.16. The van der Waals surface area contributed by atoms with Gasteiger partial charge in [0.1, 0.15) is 0 Å². The molecule has 1 saturated heterocycles. The molecule has 1 aromatic carbocycles. The summed E-state index contributed by atoms with van der Waals surface area (Å²) in [6, 6.07) is 5.68. The van der Waals surface area contributed by atoms with Crippen LogP contribution in [-0.4, -0.2) is 49.8 Å². The lowest BCUT2D eigenvalue weighted by Crippen LogP contribution is -2.42. The SMILES string of the molecule is O=C(CN1CCC(F)(F)CC1)Nc1ccc(S(=O)(=O)Nc2nccs2)cc1. The summed E-state index contributed by atoms with van der Waals surface area (Å²) in [4.78, 5) is 17.6. The summed E-state index contributed by atoms with van der Waals surface area (Å²) in [6.07, 6.45) is 0.989. The number of anilines is 2. The smallest absolute Gasteiger partial charge is 0.263 e. The van der Waals surface area contributed by atoms with Gasteiger partial charge in [0.2, 0.25) is 5.91 Å². The highest BCUT2D eigenvalue weighted by molar-refractivity contribution is 7.93. The van der Waals surface area contributed by atoms with Gasteiger partial charge in [-0.3, -0.25) is 14.4 Å². The second-order valence-electron chi connectivity index (χ2n) is 6.15. The van der Waals surface area contributed by atoms with Crippen molar-refractivity contribution in [2.75, 3.05) is 29.7 Å². The Morgan fingerprint density at radius 2 is 1.89 bits per heavy atom. The number of halogens is 2. The molecule has 0 radical (unpaired) electrons. The molecule has 3 rings (SSSR count). The predicted molar refractivity (Wildman–Crippen MR) is 98.6 cm³/mol. The number of thiazole rings is 1. The van der Waals surface area contributed by atoms with E-state index in [1.165, 1.54) is 30.5 Å². The summed E-state index contributed by atoms with van der Waals surface area (Å²) in [7, 11) is -3.76. The highest BCUT2D eigenvalue weighted by Gasteiger charge is 2.34. The van der Waals surface area contributed by atoms with Crippen LogP contribution in [0.2, 0.25) is 0 Å². The quantitative estimate of drug-likeness (QED) is 0.755. The van der Waals surface area contributed by atoms with E-state index < -0.39 is 15.9 Å². The van der Waals surface area contributed by atoms with Gasteiger partial charge in [0, 0.05) is 43.2 Å². The Bertz CT molecular complexity index is 877. The second-order valence-corrected chi connectivity index (χ2v) is 8.72. The fourth-order valence-electron chi connectivity index (χ4n) is 2.61. The zero-order valence-corrected chi connectivity index (χ0v) is 15.8. The van der Waals surface area contributed by atoms with Crippen LogP contribution < -0.4 is 10.0 Å². The van der Waals surface area contributed by atoms with Gasteiger partial charge < -0.3 is 5.32 Å². The maximum absolute atomic E-state index is 13.1. The van der Waals surface area contributed by atoms with E-state index in [-0.39, 0.29) is 48.4 Å². The monoisotopic (exact) mass is 416 g/mol. The number of carbonyl (C=O) groups is 1. The van der Waals surface area contributed by atoms with Gasteiger partial charge in [-0.15, -0.1) is 11.3 Å². The molecule has 146 valence electrons. The molecule has 0 aliphatic carbocycles. The third kappa shape index (κ3) is 5.44. The van der Waals surface area contributed by atoms with Gasteiger partial charge in [-0.1, -0.05) is 0 Å². The number of likely N-dealkylation sites (tertiary alicyclic amines) is 1. The molecule has 0 spiro atoms. The van der Waals surface area contributed by atoms with E-state index in [9.17, 15) is 22.0 Å². The number of amides is 1. The third-order valence-electron chi connectivity index (χ3n) is 4.06. The minimum Gasteiger partial charge on any atom is -0.325 e. The van der Waals surface area contributed by atoms with Crippen molar-refractivity contribution in [2.24, 2.45) is 0 Å². The highest BCUT2D eigenvalue weighted by atomic mass is 32.2. The van der Waals surface area contributed by atoms with Crippen LogP contribution in [0.25, 0.3) is 0 Å². The number of hydrogen-bond acceptors (Lipinski definition) is 6. The Kier molecular flexibility index (Phi) is 5.72. The minimum absolute atomic E-state index is 0.0156. The lowest BCUT2D eigenvalue weighted by molar-refractivity contribution is -0.119. The topological polar surface area (TPSA) is 91.4 Å². The molecule has 1 aromatic heterocycles. The van der Waals surface area contributed by atoms with Gasteiger partial charge in [-0.05, 0) is 24.3 Å². The standard InChI is InChI=1S/C16H18F2N4O3S2/c17-16(18)5-8-22(9-6-16)11-14(23)20-12-1-3-13(4-2-12)27(24,25)21-15-19-7-10-26-15/h1-4,7,10H,5-6,8-9,11H2,(H,19,21)(H,20,23). The predicted octanol–water partition coefficient (Wildman–Crippen LogP) is 2.61. The van der Waals surface area contributed by atoms with Crippen molar-refractivity contribution in [3.05, 3.63) is 35.8 Å². The van der Waals surface area contributed by atoms with Gasteiger partial charge in [0.05, 0.1) is 11.4 Å². The fourth-order valence-corrected chi connectivity index (χ4v) is 4.40. The molecule has 27 heavy (non-hydrogen) atoms. The van der Waals surface area contributed by atoms with Crippen LogP contribution in [0.15, 0.2) is 40.7 Å². The average Bonchev–Trinajstić information content (AvgIpc) is 3.09. The lowest BCUT2D eigenvalue weighted by atomic mass is 10.1. The van der Waals surface area contributed by atoms with Gasteiger partial charge in [0.15, 0.2) is 5.13 Å². The molecule has 2 N–H and O–H groups in total. The third-order valence-corrected chi connectivity index (χ3v) is 6.23. The first-order chi connectivity index (χ1) is 12.7. The van der Waals surface area contributed by atoms with Gasteiger partial charge in [0.25, 0.3) is 15.9 Å². The van der Waals surface area contributed by atoms with E-state index in [1.54, 1.807) is 10.3 Å². The molecule has 0 atom stereocenters. The summed E-state index contributed by atoms with van der Waals surface area (Å²) >= 11 is 1.16. The minimum atomic E-state index is -3.76. The molecular formula is C16H18F2N4O3S2. The maximum Gasteiger partial charge on any atom is 0.263 e. The number of nitrogens with one attached hydrogen (secondary N) is 2. The number of benzene rings is 1. The number of aromatic nitrogens is 1. The van der Waals surface area contributed by atoms with Crippen molar-refractivity contribution in [2.45, 2.75) is 23.7 Å². The van der Waals surface area contributed by atoms with E-state index in [0.29, 0.717) is 5.69 Å². The summed E-state index contributed by atoms with van der Waals surface area (Å²) in [5, 5.41) is 4.56. The number of piperidine rings is 1. The summed E-state index contributed by atoms with van der Waals surface area (Å²) < 4.78 is 53.1. The lowest BCUT2D eigenvalue weighted by Gasteiger charge is -2.31. The Morgan fingerprint density at radius 3 is 2.48 bits per heavy atom. The first kappa shape index (κ1) is 19.6. The van der Waals surface area contributed by atoms with Crippen LogP contribution in [-0.2, 0) is 14.8 Å². The summed E-state index contributed by atoms with van der Waals surface area (Å²) in [6.45, 7) is 0.349. The number of rotatable bonds is 6. The zero-order chi connectivity index (χ0) is 19.5. The first-order valence-corrected chi connectivity index (χ1v) is 10.5. The Labute approximate surface area is 159 Å². The molecule has 0 saturated carbocycles. The van der Waals surface area contributed by atoms with E-state index in [0.717, 1.165) is 11.3 Å². The molecule has 0 bridgehead atoms. The molecule has 1 amide bonds. The number of nitrogens with zero attached hydrogens (tertiary/aromatic N) is 2. The van der Waals surface area contributed by atoms with Crippen molar-refractivity contribution in [1.82, 2.24) is 9.88 Å². The molecule has 2 aromatic rings. The molecule has 7 nitrogen and oxygen atoms in total. The maximum atomic E-state index is 13.1. The number of carbonyl (C=O) groups excluding carboxylic acids is 1. The molecule has 0 unspecified atom stereocenters. The molecule has 1 aliphatic heterocycles. The molecule has 11 heteroatoms. The number of sulfonamides is 1. The number of alkyl halides is 2. The Balaban J connectivity index is 1.55. The second kappa shape index (κ2) is 7.87. The number of hydrogen-bond donors (Lipinski definition) is 2. The van der Waals surface area contributed by atoms with Crippen molar-refractivity contribution in [3.8, 4) is 0 Å². The van der Waals surface area contributed by atoms with Gasteiger partial charge in [-0.25, -0.2) is 22.2 Å². The molecule has 1 fully saturated rings. The fraction of sp³-hybridized carbons (Fsp3) is 0.375. The average molecular weight is 416 g/mol. The molecule has 1 aliphatic rings. The van der Waals surface area contributed by atoms with E-state index in [2.05, 4.69) is 15.0 Å². The zero-order valence-electron chi connectivity index (χ0n) is 14.2. The highest BCUT2D eigenvalue weighted by Crippen LogP contribution is 2.27. The van der Waals surface area contributed by atoms with Crippen molar-refractivity contribution >= 4 is 38.1 Å². The van der Waals surface area contributed by atoms with E-state index in [4.69, 9.17) is 0 Å². The van der Waals surface area contributed by atoms with E-state index in [1.807, 2.05) is 0 Å². The summed E-state index contributed by atoms with van der Waals surface area (Å²) in [5.41, 5.74) is 0.426. The Hall–Kier alpha value is -2.11. The van der Waals surface area contributed by atoms with Crippen LogP contribution >= 0.6 is 11.3 Å². The normalized spacial score (nSPS) is 17.4. The van der Waals surface area contributed by atoms with Crippen LogP contribution in [0.4, 0.5) is 19.6 Å². The van der Waals surface area contributed by atoms with Crippen LogP contribution in [0.3, 0.4) is 0 Å². The summed E-state index contributed by atoms with van der Waals surface area (Å²) in [5.74, 6) is -2.99. The van der Waals surface area contributed by atoms with Crippen LogP contribution in [0.1, 0.15) is 12.8 Å². The van der Waals surface area contributed by atoms with E-state index >= 15 is 0 Å². The van der Waals surface area contributed by atoms with Crippen molar-refractivity contribution < 1.29 is 22.0 Å². The Morgan fingerprint density at radius 1 is 1.22 bits per heavy atom. The van der Waals surface area contributed by atoms with Gasteiger partial charge in [-0.2, -0.15) is 0 Å². The van der Waals surface area contributed by atoms with Crippen LogP contribution in [0, 0.1) is 0 Å². The largest absolute Gasteiger partial charge is 0.325 e. The van der Waals surface area contributed by atoms with Gasteiger partial charge >= 0.3 is 0 Å². The molecular weight excluding hydrogens is 398 g/mol. The van der Waals surface area contributed by atoms with Crippen molar-refractivity contribution in [1.29, 1.82) is 0 Å².